The molecule has 0 aliphatic carbocycles. The first kappa shape index (κ1) is 9.74. The van der Waals surface area contributed by atoms with Crippen LogP contribution >= 0.6 is 0 Å². The maximum atomic E-state index is 9.64. The summed E-state index contributed by atoms with van der Waals surface area (Å²) in [7, 11) is 0. The van der Waals surface area contributed by atoms with E-state index < -0.39 is 5.60 Å². The molecule has 0 spiro atoms. The summed E-state index contributed by atoms with van der Waals surface area (Å²) in [6.45, 7) is 3.16. The molecule has 0 amide bonds. The predicted octanol–water partition coefficient (Wildman–Crippen LogP) is 1.64. The Morgan fingerprint density at radius 3 is 2.15 bits per heavy atom. The molecule has 0 aliphatic heterocycles. The van der Waals surface area contributed by atoms with Crippen molar-refractivity contribution in [3.05, 3.63) is 35.9 Å². The second kappa shape index (κ2) is 3.58. The molecule has 2 N–H and O–H groups in total. The van der Waals surface area contributed by atoms with Crippen molar-refractivity contribution in [1.29, 1.82) is 0 Å². The van der Waals surface area contributed by atoms with Crippen molar-refractivity contribution in [2.45, 2.75) is 19.4 Å². The van der Waals surface area contributed by atoms with Gasteiger partial charge in [-0.1, -0.05) is 35.5 Å². The molecule has 0 radical (unpaired) electrons. The van der Waals surface area contributed by atoms with Gasteiger partial charge in [0, 0.05) is 5.56 Å². The molecule has 0 atom stereocenters. The zero-order chi connectivity index (χ0) is 9.90. The molecule has 1 rings (SSSR count). The zero-order valence-corrected chi connectivity index (χ0v) is 7.73. The number of aliphatic hydroxyl groups is 1. The van der Waals surface area contributed by atoms with Gasteiger partial charge in [-0.05, 0) is 13.8 Å². The van der Waals surface area contributed by atoms with E-state index in [-0.39, 0.29) is 5.71 Å². The molecule has 13 heavy (non-hydrogen) atoms. The van der Waals surface area contributed by atoms with E-state index in [0.717, 1.165) is 5.56 Å². The molecule has 0 aromatic heterocycles. The third kappa shape index (κ3) is 2.29. The van der Waals surface area contributed by atoms with E-state index in [2.05, 4.69) is 5.16 Å². The molecule has 0 bridgehead atoms. The number of rotatable bonds is 2. The van der Waals surface area contributed by atoms with Crippen molar-refractivity contribution in [2.24, 2.45) is 5.16 Å². The minimum atomic E-state index is -1.13. The van der Waals surface area contributed by atoms with Crippen LogP contribution in [-0.4, -0.2) is 21.6 Å². The van der Waals surface area contributed by atoms with Gasteiger partial charge in [0.05, 0.1) is 0 Å². The second-order valence-corrected chi connectivity index (χ2v) is 3.37. The fourth-order valence-corrected chi connectivity index (χ4v) is 1.13. The number of hydrogen-bond donors (Lipinski definition) is 2. The van der Waals surface area contributed by atoms with Gasteiger partial charge in [0.1, 0.15) is 11.3 Å². The van der Waals surface area contributed by atoms with Gasteiger partial charge in [0.2, 0.25) is 0 Å². The van der Waals surface area contributed by atoms with Gasteiger partial charge in [-0.15, -0.1) is 0 Å². The van der Waals surface area contributed by atoms with E-state index in [4.69, 9.17) is 5.21 Å². The van der Waals surface area contributed by atoms with Crippen molar-refractivity contribution in [3.63, 3.8) is 0 Å². The highest BCUT2D eigenvalue weighted by molar-refractivity contribution is 6.05. The lowest BCUT2D eigenvalue weighted by Gasteiger charge is -2.18. The molecule has 0 heterocycles. The molecule has 3 heteroatoms. The lowest BCUT2D eigenvalue weighted by atomic mass is 9.96. The molecule has 70 valence electrons. The van der Waals surface area contributed by atoms with E-state index in [0.29, 0.717) is 0 Å². The van der Waals surface area contributed by atoms with Crippen LogP contribution in [0.1, 0.15) is 19.4 Å². The number of hydrogen-bond acceptors (Lipinski definition) is 3. The van der Waals surface area contributed by atoms with Gasteiger partial charge in [-0.3, -0.25) is 0 Å². The van der Waals surface area contributed by atoms with Gasteiger partial charge >= 0.3 is 0 Å². The van der Waals surface area contributed by atoms with Gasteiger partial charge in [0.25, 0.3) is 0 Å². The van der Waals surface area contributed by atoms with Crippen LogP contribution in [0.2, 0.25) is 0 Å². The molecule has 1 aromatic carbocycles. The highest BCUT2D eigenvalue weighted by Crippen LogP contribution is 2.12. The van der Waals surface area contributed by atoms with E-state index >= 15 is 0 Å². The Hall–Kier alpha value is -1.35. The fraction of sp³-hybridized carbons (Fsp3) is 0.300. The van der Waals surface area contributed by atoms with Crippen molar-refractivity contribution in [1.82, 2.24) is 0 Å². The smallest absolute Gasteiger partial charge is 0.118 e. The SMILES string of the molecule is CC(C)(O)/C(=N/O)c1ccccc1. The standard InChI is InChI=1S/C10H13NO2/c1-10(2,12)9(11-13)8-6-4-3-5-7-8/h3-7,12-13H,1-2H3/b11-9+. The molecule has 0 saturated carbocycles. The van der Waals surface area contributed by atoms with Crippen LogP contribution in [-0.2, 0) is 0 Å². The summed E-state index contributed by atoms with van der Waals surface area (Å²) in [5.41, 5.74) is -0.138. The lowest BCUT2D eigenvalue weighted by Crippen LogP contribution is -2.32. The average Bonchev–Trinajstić information content (AvgIpc) is 2.05. The van der Waals surface area contributed by atoms with Crippen molar-refractivity contribution >= 4 is 5.71 Å². The van der Waals surface area contributed by atoms with Crippen LogP contribution in [0.15, 0.2) is 35.5 Å². The van der Waals surface area contributed by atoms with Gasteiger partial charge in [-0.25, -0.2) is 0 Å². The van der Waals surface area contributed by atoms with E-state index in [1.807, 2.05) is 18.2 Å². The molecular formula is C10H13NO2. The number of benzene rings is 1. The van der Waals surface area contributed by atoms with Crippen molar-refractivity contribution < 1.29 is 10.3 Å². The van der Waals surface area contributed by atoms with Gasteiger partial charge in [0.15, 0.2) is 0 Å². The van der Waals surface area contributed by atoms with Crippen LogP contribution in [0.4, 0.5) is 0 Å². The van der Waals surface area contributed by atoms with Crippen LogP contribution in [0.25, 0.3) is 0 Å². The highest BCUT2D eigenvalue weighted by Gasteiger charge is 2.23. The molecule has 0 aliphatic rings. The van der Waals surface area contributed by atoms with E-state index in [1.54, 1.807) is 26.0 Å². The second-order valence-electron chi connectivity index (χ2n) is 3.37. The molecule has 0 saturated heterocycles. The van der Waals surface area contributed by atoms with Gasteiger partial charge < -0.3 is 10.3 Å². The Balaban J connectivity index is 3.08. The van der Waals surface area contributed by atoms with Crippen LogP contribution < -0.4 is 0 Å². The molecule has 0 unspecified atom stereocenters. The Morgan fingerprint density at radius 2 is 1.77 bits per heavy atom. The van der Waals surface area contributed by atoms with E-state index in [1.165, 1.54) is 0 Å². The zero-order valence-electron chi connectivity index (χ0n) is 7.73. The fourth-order valence-electron chi connectivity index (χ4n) is 1.13. The predicted molar refractivity (Wildman–Crippen MR) is 51.1 cm³/mol. The summed E-state index contributed by atoms with van der Waals surface area (Å²) < 4.78 is 0. The first-order valence-electron chi connectivity index (χ1n) is 4.06. The summed E-state index contributed by atoms with van der Waals surface area (Å²) >= 11 is 0. The maximum Gasteiger partial charge on any atom is 0.118 e. The number of oxime groups is 1. The molecule has 1 aromatic rings. The highest BCUT2D eigenvalue weighted by atomic mass is 16.4. The third-order valence-electron chi connectivity index (χ3n) is 1.73. The van der Waals surface area contributed by atoms with Gasteiger partial charge in [-0.2, -0.15) is 0 Å². The minimum Gasteiger partial charge on any atom is -0.411 e. The Kier molecular flexibility index (Phi) is 2.68. The average molecular weight is 179 g/mol. The normalized spacial score (nSPS) is 13.0. The summed E-state index contributed by atoms with van der Waals surface area (Å²) in [5, 5.41) is 21.5. The summed E-state index contributed by atoms with van der Waals surface area (Å²) in [4.78, 5) is 0. The Bertz CT molecular complexity index is 298. The Labute approximate surface area is 77.3 Å². The van der Waals surface area contributed by atoms with Crippen LogP contribution in [0.5, 0.6) is 0 Å². The van der Waals surface area contributed by atoms with Crippen LogP contribution in [0.3, 0.4) is 0 Å². The van der Waals surface area contributed by atoms with Crippen molar-refractivity contribution in [3.8, 4) is 0 Å². The maximum absolute atomic E-state index is 9.64. The summed E-state index contributed by atoms with van der Waals surface area (Å²) in [5.74, 6) is 0. The Morgan fingerprint density at radius 1 is 1.23 bits per heavy atom. The topological polar surface area (TPSA) is 52.8 Å². The summed E-state index contributed by atoms with van der Waals surface area (Å²) in [6, 6.07) is 9.08. The third-order valence-corrected chi connectivity index (χ3v) is 1.73. The lowest BCUT2D eigenvalue weighted by molar-refractivity contribution is 0.148. The van der Waals surface area contributed by atoms with Crippen LogP contribution in [0, 0.1) is 0 Å². The number of nitrogens with zero attached hydrogens (tertiary/aromatic N) is 1. The monoisotopic (exact) mass is 179 g/mol. The quantitative estimate of drug-likeness (QED) is 0.412. The van der Waals surface area contributed by atoms with Crippen molar-refractivity contribution in [2.75, 3.05) is 0 Å². The van der Waals surface area contributed by atoms with E-state index in [9.17, 15) is 5.11 Å². The molecular weight excluding hydrogens is 166 g/mol. The summed E-state index contributed by atoms with van der Waals surface area (Å²) in [6.07, 6.45) is 0. The first-order valence-corrected chi connectivity index (χ1v) is 4.06. The minimum absolute atomic E-state index is 0.271. The first-order chi connectivity index (χ1) is 6.05. The molecule has 0 fully saturated rings. The largest absolute Gasteiger partial charge is 0.411 e. The molecule has 3 nitrogen and oxygen atoms in total.